The average molecular weight is 285 g/mol. The van der Waals surface area contributed by atoms with E-state index in [-0.39, 0.29) is 12.0 Å². The normalized spacial score (nSPS) is 14.4. The molecule has 0 atom stereocenters. The van der Waals surface area contributed by atoms with Crippen molar-refractivity contribution in [2.45, 2.75) is 38.5 Å². The highest BCUT2D eigenvalue weighted by Gasteiger charge is 2.14. The number of unbranched alkanes of at least 4 members (excludes halogenated alkanes) is 3. The van der Waals surface area contributed by atoms with Crippen molar-refractivity contribution in [3.05, 3.63) is 60.4 Å². The second-order valence-electron chi connectivity index (χ2n) is 5.20. The molecular weight excluding hydrogens is 262 g/mol. The van der Waals surface area contributed by atoms with E-state index in [1.807, 2.05) is 30.4 Å². The van der Waals surface area contributed by atoms with E-state index in [0.717, 1.165) is 12.8 Å². The van der Waals surface area contributed by atoms with Gasteiger partial charge in [0.2, 0.25) is 0 Å². The van der Waals surface area contributed by atoms with E-state index in [1.54, 1.807) is 12.4 Å². The van der Waals surface area contributed by atoms with Gasteiger partial charge in [0.15, 0.2) is 0 Å². The Balaban J connectivity index is 1.77. The Morgan fingerprint density at radius 1 is 1.10 bits per heavy atom. The number of hydrogen-bond donors (Lipinski definition) is 0. The van der Waals surface area contributed by atoms with Gasteiger partial charge in [0.05, 0.1) is 6.61 Å². The minimum absolute atomic E-state index is 0.222. The van der Waals surface area contributed by atoms with Crippen LogP contribution in [-0.4, -0.2) is 17.6 Å². The lowest BCUT2D eigenvalue weighted by Gasteiger charge is -2.20. The van der Waals surface area contributed by atoms with Gasteiger partial charge < -0.3 is 4.74 Å². The molecule has 21 heavy (non-hydrogen) atoms. The predicted octanol–water partition coefficient (Wildman–Crippen LogP) is 4.83. The van der Waals surface area contributed by atoms with Crippen LogP contribution in [-0.2, 0) is 4.74 Å². The molecule has 0 fully saturated rings. The van der Waals surface area contributed by atoms with E-state index >= 15 is 0 Å². The van der Waals surface area contributed by atoms with Crippen molar-refractivity contribution < 1.29 is 9.53 Å². The van der Waals surface area contributed by atoms with Crippen molar-refractivity contribution in [1.29, 1.82) is 0 Å². The largest absolute Gasteiger partial charge is 0.449 e. The molecule has 1 aromatic carbocycles. The maximum Gasteiger partial charge on any atom is 0.417 e. The van der Waals surface area contributed by atoms with Crippen molar-refractivity contribution in [3.63, 3.8) is 0 Å². The standard InChI is InChI=1S/C18H23NO2/c1-2-3-4-8-15-21-18(20)19-13-11-17(12-14-19)16-9-6-5-7-10-16/h5-7,9-14,17H,2-4,8,15H2,1H3. The van der Waals surface area contributed by atoms with Crippen LogP contribution < -0.4 is 0 Å². The fourth-order valence-corrected chi connectivity index (χ4v) is 2.27. The van der Waals surface area contributed by atoms with Crippen LogP contribution >= 0.6 is 0 Å². The predicted molar refractivity (Wildman–Crippen MR) is 84.8 cm³/mol. The van der Waals surface area contributed by atoms with E-state index in [2.05, 4.69) is 19.1 Å². The van der Waals surface area contributed by atoms with Gasteiger partial charge in [0, 0.05) is 18.3 Å². The molecule has 1 amide bonds. The first kappa shape index (κ1) is 15.4. The van der Waals surface area contributed by atoms with E-state index in [4.69, 9.17) is 4.74 Å². The third kappa shape index (κ3) is 4.78. The minimum Gasteiger partial charge on any atom is -0.449 e. The number of benzene rings is 1. The number of nitrogens with zero attached hydrogens (tertiary/aromatic N) is 1. The van der Waals surface area contributed by atoms with Crippen LogP contribution in [0.2, 0.25) is 0 Å². The Bertz CT molecular complexity index is 479. The number of carbonyl (C=O) groups is 1. The summed E-state index contributed by atoms with van der Waals surface area (Å²) < 4.78 is 5.25. The molecule has 1 aromatic rings. The van der Waals surface area contributed by atoms with Crippen molar-refractivity contribution in [1.82, 2.24) is 4.90 Å². The molecular formula is C18H23NO2. The Hall–Kier alpha value is -2.03. The van der Waals surface area contributed by atoms with Crippen LogP contribution in [0.5, 0.6) is 0 Å². The summed E-state index contributed by atoms with van der Waals surface area (Å²) in [5, 5.41) is 0. The Morgan fingerprint density at radius 2 is 1.81 bits per heavy atom. The SMILES string of the molecule is CCCCCCOC(=O)N1C=CC(c2ccccc2)C=C1. The van der Waals surface area contributed by atoms with Gasteiger partial charge in [0.25, 0.3) is 0 Å². The molecule has 0 aliphatic carbocycles. The summed E-state index contributed by atoms with van der Waals surface area (Å²) >= 11 is 0. The number of carbonyl (C=O) groups excluding carboxylic acids is 1. The third-order valence-corrected chi connectivity index (χ3v) is 3.53. The zero-order valence-electron chi connectivity index (χ0n) is 12.6. The first-order chi connectivity index (χ1) is 10.3. The zero-order valence-corrected chi connectivity index (χ0v) is 12.6. The second kappa shape index (κ2) is 8.30. The molecule has 0 spiro atoms. The van der Waals surface area contributed by atoms with Gasteiger partial charge in [-0.2, -0.15) is 0 Å². The van der Waals surface area contributed by atoms with E-state index in [0.29, 0.717) is 6.61 Å². The highest BCUT2D eigenvalue weighted by molar-refractivity contribution is 5.70. The quantitative estimate of drug-likeness (QED) is 0.701. The van der Waals surface area contributed by atoms with Gasteiger partial charge in [-0.25, -0.2) is 4.79 Å². The Kier molecular flexibility index (Phi) is 6.07. The minimum atomic E-state index is -0.300. The lowest BCUT2D eigenvalue weighted by molar-refractivity contribution is 0.125. The summed E-state index contributed by atoms with van der Waals surface area (Å²) in [7, 11) is 0. The fraction of sp³-hybridized carbons (Fsp3) is 0.389. The molecule has 112 valence electrons. The summed E-state index contributed by atoms with van der Waals surface area (Å²) in [5.74, 6) is 0.222. The summed E-state index contributed by atoms with van der Waals surface area (Å²) in [5.41, 5.74) is 1.22. The van der Waals surface area contributed by atoms with Gasteiger partial charge in [-0.1, -0.05) is 68.7 Å². The second-order valence-corrected chi connectivity index (χ2v) is 5.20. The molecule has 1 aliphatic rings. The van der Waals surface area contributed by atoms with Crippen LogP contribution in [0.25, 0.3) is 0 Å². The topological polar surface area (TPSA) is 29.5 Å². The van der Waals surface area contributed by atoms with Crippen LogP contribution in [0, 0.1) is 0 Å². The van der Waals surface area contributed by atoms with Crippen molar-refractivity contribution >= 4 is 6.09 Å². The van der Waals surface area contributed by atoms with Crippen LogP contribution in [0.3, 0.4) is 0 Å². The molecule has 0 bridgehead atoms. The van der Waals surface area contributed by atoms with Gasteiger partial charge in [-0.15, -0.1) is 0 Å². The zero-order chi connectivity index (χ0) is 14.9. The van der Waals surface area contributed by atoms with E-state index in [1.165, 1.54) is 23.3 Å². The van der Waals surface area contributed by atoms with Gasteiger partial charge >= 0.3 is 6.09 Å². The lowest BCUT2D eigenvalue weighted by atomic mass is 9.98. The molecule has 0 saturated heterocycles. The number of amides is 1. The molecule has 3 nitrogen and oxygen atoms in total. The smallest absolute Gasteiger partial charge is 0.417 e. The maximum absolute atomic E-state index is 11.9. The number of ether oxygens (including phenoxy) is 1. The van der Waals surface area contributed by atoms with Crippen LogP contribution in [0.1, 0.15) is 44.1 Å². The first-order valence-electron chi connectivity index (χ1n) is 7.68. The molecule has 2 rings (SSSR count). The van der Waals surface area contributed by atoms with Gasteiger partial charge in [-0.05, 0) is 12.0 Å². The van der Waals surface area contributed by atoms with Crippen LogP contribution in [0.4, 0.5) is 4.79 Å². The number of allylic oxidation sites excluding steroid dienone is 2. The van der Waals surface area contributed by atoms with E-state index in [9.17, 15) is 4.79 Å². The van der Waals surface area contributed by atoms with Gasteiger partial charge in [0.1, 0.15) is 0 Å². The molecule has 0 aromatic heterocycles. The maximum atomic E-state index is 11.9. The lowest BCUT2D eigenvalue weighted by Crippen LogP contribution is -2.23. The Labute approximate surface area is 126 Å². The number of hydrogen-bond acceptors (Lipinski definition) is 2. The summed E-state index contributed by atoms with van der Waals surface area (Å²) in [4.78, 5) is 13.4. The third-order valence-electron chi connectivity index (χ3n) is 3.53. The van der Waals surface area contributed by atoms with E-state index < -0.39 is 0 Å². The summed E-state index contributed by atoms with van der Waals surface area (Å²) in [6.07, 6.45) is 11.7. The molecule has 0 radical (unpaired) electrons. The highest BCUT2D eigenvalue weighted by atomic mass is 16.6. The monoisotopic (exact) mass is 285 g/mol. The van der Waals surface area contributed by atoms with Crippen LogP contribution in [0.15, 0.2) is 54.9 Å². The summed E-state index contributed by atoms with van der Waals surface area (Å²) in [6, 6.07) is 10.2. The van der Waals surface area contributed by atoms with Crippen molar-refractivity contribution in [2.24, 2.45) is 0 Å². The average Bonchev–Trinajstić information content (AvgIpc) is 2.55. The summed E-state index contributed by atoms with van der Waals surface area (Å²) in [6.45, 7) is 2.66. The first-order valence-corrected chi connectivity index (χ1v) is 7.68. The fourth-order valence-electron chi connectivity index (χ4n) is 2.27. The number of rotatable bonds is 6. The molecule has 0 unspecified atom stereocenters. The molecule has 1 heterocycles. The molecule has 0 N–H and O–H groups in total. The molecule has 0 saturated carbocycles. The highest BCUT2D eigenvalue weighted by Crippen LogP contribution is 2.22. The Morgan fingerprint density at radius 3 is 2.48 bits per heavy atom. The van der Waals surface area contributed by atoms with Crippen molar-refractivity contribution in [2.75, 3.05) is 6.61 Å². The molecule has 3 heteroatoms. The molecule has 1 aliphatic heterocycles. The van der Waals surface area contributed by atoms with Gasteiger partial charge in [-0.3, -0.25) is 4.90 Å². The van der Waals surface area contributed by atoms with Crippen molar-refractivity contribution in [3.8, 4) is 0 Å².